The minimum absolute atomic E-state index is 0.197. The van der Waals surface area contributed by atoms with Gasteiger partial charge in [-0.2, -0.15) is 0 Å². The predicted octanol–water partition coefficient (Wildman–Crippen LogP) is 3.68. The van der Waals surface area contributed by atoms with Crippen LogP contribution >= 0.6 is 0 Å². The van der Waals surface area contributed by atoms with Crippen LogP contribution in [0.2, 0.25) is 12.6 Å². The van der Waals surface area contributed by atoms with Crippen LogP contribution in [0.25, 0.3) is 0 Å². The van der Waals surface area contributed by atoms with Crippen molar-refractivity contribution < 1.29 is 30.8 Å². The van der Waals surface area contributed by atoms with Gasteiger partial charge in [0.05, 0.1) is 0 Å². The standard InChI is InChI=1S/C12H15F5O2Si/c1-18-20(3,19-2)6-4-5-7-8(13)10(15)12(17)11(16)9(7)14/h4-6H2,1-3H3. The van der Waals surface area contributed by atoms with Crippen molar-refractivity contribution in [3.8, 4) is 0 Å². The Morgan fingerprint density at radius 3 is 1.60 bits per heavy atom. The Kier molecular flexibility index (Phi) is 5.66. The third-order valence-corrected chi connectivity index (χ3v) is 6.21. The summed E-state index contributed by atoms with van der Waals surface area (Å²) in [5.74, 6) is -9.54. The highest BCUT2D eigenvalue weighted by molar-refractivity contribution is 6.65. The first-order chi connectivity index (χ1) is 9.27. The Morgan fingerprint density at radius 2 is 1.20 bits per heavy atom. The van der Waals surface area contributed by atoms with E-state index in [0.717, 1.165) is 0 Å². The molecule has 0 saturated heterocycles. The molecule has 0 bridgehead atoms. The first kappa shape index (κ1) is 17.1. The van der Waals surface area contributed by atoms with Gasteiger partial charge in [-0.3, -0.25) is 0 Å². The maximum atomic E-state index is 13.4. The van der Waals surface area contributed by atoms with Gasteiger partial charge >= 0.3 is 8.56 Å². The lowest BCUT2D eigenvalue weighted by Crippen LogP contribution is -2.35. The topological polar surface area (TPSA) is 18.5 Å². The zero-order chi connectivity index (χ0) is 15.5. The summed E-state index contributed by atoms with van der Waals surface area (Å²) in [7, 11) is 0.474. The fourth-order valence-electron chi connectivity index (χ4n) is 1.74. The zero-order valence-electron chi connectivity index (χ0n) is 11.3. The van der Waals surface area contributed by atoms with Crippen molar-refractivity contribution in [2.24, 2.45) is 0 Å². The summed E-state index contributed by atoms with van der Waals surface area (Å²) in [5, 5.41) is 0. The first-order valence-corrected chi connectivity index (χ1v) is 8.40. The van der Waals surface area contributed by atoms with Crippen molar-refractivity contribution in [3.63, 3.8) is 0 Å². The van der Waals surface area contributed by atoms with Crippen LogP contribution in [0, 0.1) is 29.1 Å². The van der Waals surface area contributed by atoms with E-state index in [1.807, 2.05) is 0 Å². The Bertz CT molecular complexity index is 462. The van der Waals surface area contributed by atoms with E-state index < -0.39 is 43.2 Å². The molecule has 0 aliphatic heterocycles. The molecule has 1 rings (SSSR count). The highest BCUT2D eigenvalue weighted by Crippen LogP contribution is 2.25. The third kappa shape index (κ3) is 3.36. The Balaban J connectivity index is 2.90. The molecular weight excluding hydrogens is 299 g/mol. The molecule has 0 amide bonds. The second-order valence-electron chi connectivity index (χ2n) is 4.44. The molecule has 0 aliphatic rings. The minimum atomic E-state index is -2.43. The molecule has 20 heavy (non-hydrogen) atoms. The number of hydrogen-bond acceptors (Lipinski definition) is 2. The quantitative estimate of drug-likeness (QED) is 0.345. The van der Waals surface area contributed by atoms with Gasteiger partial charge in [-0.25, -0.2) is 22.0 Å². The molecule has 0 aliphatic carbocycles. The second kappa shape index (κ2) is 6.64. The lowest BCUT2D eigenvalue weighted by molar-refractivity contribution is 0.248. The molecule has 0 heterocycles. The van der Waals surface area contributed by atoms with Crippen LogP contribution < -0.4 is 0 Å². The summed E-state index contributed by atoms with van der Waals surface area (Å²) in [6, 6.07) is 0.374. The van der Waals surface area contributed by atoms with Gasteiger partial charge in [0.2, 0.25) is 5.82 Å². The minimum Gasteiger partial charge on any atom is -0.398 e. The third-order valence-electron chi connectivity index (χ3n) is 3.22. The predicted molar refractivity (Wildman–Crippen MR) is 65.0 cm³/mol. The van der Waals surface area contributed by atoms with E-state index in [1.54, 1.807) is 6.55 Å². The molecule has 1 aromatic rings. The summed E-state index contributed by atoms with van der Waals surface area (Å²) < 4.78 is 76.0. The fourth-order valence-corrected chi connectivity index (χ4v) is 3.14. The highest BCUT2D eigenvalue weighted by atomic mass is 28.4. The fraction of sp³-hybridized carbons (Fsp3) is 0.500. The molecule has 0 N–H and O–H groups in total. The lowest BCUT2D eigenvalue weighted by atomic mass is 10.1. The molecule has 0 saturated carbocycles. The molecule has 0 radical (unpaired) electrons. The molecule has 0 fully saturated rings. The average Bonchev–Trinajstić information content (AvgIpc) is 2.46. The van der Waals surface area contributed by atoms with Gasteiger partial charge in [-0.1, -0.05) is 0 Å². The maximum Gasteiger partial charge on any atom is 0.334 e. The largest absolute Gasteiger partial charge is 0.398 e. The van der Waals surface area contributed by atoms with Crippen LogP contribution in [0.5, 0.6) is 0 Å². The maximum absolute atomic E-state index is 13.4. The van der Waals surface area contributed by atoms with Crippen LogP contribution in [0.4, 0.5) is 22.0 Å². The molecular formula is C12H15F5O2Si. The van der Waals surface area contributed by atoms with Crippen molar-refractivity contribution in [1.82, 2.24) is 0 Å². The summed E-state index contributed by atoms with van der Waals surface area (Å²) >= 11 is 0. The van der Waals surface area contributed by atoms with Crippen molar-refractivity contribution >= 4 is 8.56 Å². The van der Waals surface area contributed by atoms with E-state index in [1.165, 1.54) is 14.2 Å². The van der Waals surface area contributed by atoms with Gasteiger partial charge in [-0.05, 0) is 25.4 Å². The molecule has 1 aromatic carbocycles. The SMILES string of the molecule is CO[Si](C)(CCCc1c(F)c(F)c(F)c(F)c1F)OC. The van der Waals surface area contributed by atoms with E-state index in [2.05, 4.69) is 0 Å². The number of halogens is 5. The number of rotatable bonds is 6. The van der Waals surface area contributed by atoms with Crippen molar-refractivity contribution in [1.29, 1.82) is 0 Å². The van der Waals surface area contributed by atoms with E-state index in [-0.39, 0.29) is 12.8 Å². The van der Waals surface area contributed by atoms with Crippen molar-refractivity contribution in [2.45, 2.75) is 25.4 Å². The van der Waals surface area contributed by atoms with Gasteiger partial charge in [0, 0.05) is 19.8 Å². The van der Waals surface area contributed by atoms with Crippen LogP contribution in [-0.4, -0.2) is 22.8 Å². The molecule has 0 aromatic heterocycles. The summed E-state index contributed by atoms with van der Waals surface area (Å²) in [4.78, 5) is 0. The van der Waals surface area contributed by atoms with E-state index in [4.69, 9.17) is 8.85 Å². The summed E-state index contributed by atoms with van der Waals surface area (Å²) in [6.45, 7) is 1.74. The first-order valence-electron chi connectivity index (χ1n) is 5.88. The second-order valence-corrected chi connectivity index (χ2v) is 8.03. The Morgan fingerprint density at radius 1 is 0.800 bits per heavy atom. The van der Waals surface area contributed by atoms with Crippen LogP contribution in [0.3, 0.4) is 0 Å². The molecule has 0 atom stereocenters. The van der Waals surface area contributed by atoms with Crippen molar-refractivity contribution in [2.75, 3.05) is 14.2 Å². The monoisotopic (exact) mass is 314 g/mol. The van der Waals surface area contributed by atoms with Gasteiger partial charge in [0.1, 0.15) is 0 Å². The van der Waals surface area contributed by atoms with Gasteiger partial charge in [-0.15, -0.1) is 0 Å². The summed E-state index contributed by atoms with van der Waals surface area (Å²) in [6.07, 6.45) is -0.0795. The van der Waals surface area contributed by atoms with Crippen LogP contribution in [0.15, 0.2) is 0 Å². The smallest absolute Gasteiger partial charge is 0.334 e. The van der Waals surface area contributed by atoms with E-state index in [9.17, 15) is 22.0 Å². The molecule has 8 heteroatoms. The van der Waals surface area contributed by atoms with Gasteiger partial charge in [0.15, 0.2) is 23.3 Å². The molecule has 2 nitrogen and oxygen atoms in total. The summed E-state index contributed by atoms with van der Waals surface area (Å²) in [5.41, 5.74) is -0.801. The van der Waals surface area contributed by atoms with E-state index >= 15 is 0 Å². The van der Waals surface area contributed by atoms with Gasteiger partial charge < -0.3 is 8.85 Å². The highest BCUT2D eigenvalue weighted by Gasteiger charge is 2.30. The molecule has 0 unspecified atom stereocenters. The molecule has 0 spiro atoms. The Hall–Kier alpha value is -0.993. The van der Waals surface area contributed by atoms with Gasteiger partial charge in [0.25, 0.3) is 0 Å². The van der Waals surface area contributed by atoms with Crippen LogP contribution in [0.1, 0.15) is 12.0 Å². The lowest BCUT2D eigenvalue weighted by Gasteiger charge is -2.22. The molecule has 114 valence electrons. The zero-order valence-corrected chi connectivity index (χ0v) is 12.3. The van der Waals surface area contributed by atoms with Crippen molar-refractivity contribution in [3.05, 3.63) is 34.6 Å². The number of benzene rings is 1. The van der Waals surface area contributed by atoms with Crippen LogP contribution in [-0.2, 0) is 15.3 Å². The number of hydrogen-bond donors (Lipinski definition) is 0. The van der Waals surface area contributed by atoms with E-state index in [0.29, 0.717) is 6.04 Å². The average molecular weight is 314 g/mol. The normalized spacial score (nSPS) is 12.0. The Labute approximate surface area is 114 Å².